The van der Waals surface area contributed by atoms with Crippen LogP contribution >= 0.6 is 0 Å². The number of nitrogens with one attached hydrogen (secondary N) is 2. The molecule has 112 valence electrons. The minimum atomic E-state index is -3.40. The average molecular weight is 298 g/mol. The molecule has 2 rings (SSSR count). The van der Waals surface area contributed by atoms with E-state index in [0.29, 0.717) is 13.1 Å². The van der Waals surface area contributed by atoms with Crippen molar-refractivity contribution in [3.8, 4) is 0 Å². The van der Waals surface area contributed by atoms with Gasteiger partial charge in [0.1, 0.15) is 0 Å². The molecule has 3 N–H and O–H groups in total. The Bertz CT molecular complexity index is 536. The van der Waals surface area contributed by atoms with Crippen molar-refractivity contribution in [2.45, 2.75) is 43.1 Å². The Morgan fingerprint density at radius 2 is 1.90 bits per heavy atom. The Morgan fingerprint density at radius 3 is 2.40 bits per heavy atom. The molecule has 0 atom stereocenters. The normalized spacial score (nSPS) is 17.5. The maximum Gasteiger partial charge on any atom is 0.240 e. The van der Waals surface area contributed by atoms with Gasteiger partial charge in [-0.05, 0) is 49.9 Å². The van der Waals surface area contributed by atoms with Crippen LogP contribution in [0.1, 0.15) is 32.6 Å². The lowest BCUT2D eigenvalue weighted by molar-refractivity contribution is -0.0201. The fourth-order valence-electron chi connectivity index (χ4n) is 2.10. The molecule has 1 saturated carbocycles. The third-order valence-corrected chi connectivity index (χ3v) is 5.09. The summed E-state index contributed by atoms with van der Waals surface area (Å²) in [6.45, 7) is 2.86. The third-order valence-electron chi connectivity index (χ3n) is 3.61. The molecule has 5 nitrogen and oxygen atoms in total. The van der Waals surface area contributed by atoms with Gasteiger partial charge in [-0.15, -0.1) is 0 Å². The first-order valence-corrected chi connectivity index (χ1v) is 8.49. The van der Waals surface area contributed by atoms with E-state index in [0.717, 1.165) is 31.4 Å². The monoisotopic (exact) mass is 298 g/mol. The van der Waals surface area contributed by atoms with Gasteiger partial charge in [-0.25, -0.2) is 13.1 Å². The van der Waals surface area contributed by atoms with Gasteiger partial charge in [0.2, 0.25) is 10.0 Å². The van der Waals surface area contributed by atoms with Crippen molar-refractivity contribution in [2.75, 3.05) is 18.4 Å². The van der Waals surface area contributed by atoms with Crippen molar-refractivity contribution < 1.29 is 13.5 Å². The van der Waals surface area contributed by atoms with Crippen LogP contribution in [0, 0.1) is 0 Å². The highest BCUT2D eigenvalue weighted by Gasteiger charge is 2.33. The Kier molecular flexibility index (Phi) is 4.67. The highest BCUT2D eigenvalue weighted by Crippen LogP contribution is 2.31. The first-order chi connectivity index (χ1) is 9.45. The van der Waals surface area contributed by atoms with Crippen molar-refractivity contribution in [3.63, 3.8) is 0 Å². The number of hydrogen-bond acceptors (Lipinski definition) is 4. The summed E-state index contributed by atoms with van der Waals surface area (Å²) in [5.41, 5.74) is 0.229. The summed E-state index contributed by atoms with van der Waals surface area (Å²) in [4.78, 5) is 0.263. The average Bonchev–Trinajstić information content (AvgIpc) is 2.41. The Hall–Kier alpha value is -1.11. The molecule has 0 aromatic heterocycles. The van der Waals surface area contributed by atoms with Gasteiger partial charge in [0.05, 0.1) is 10.5 Å². The molecule has 0 heterocycles. The van der Waals surface area contributed by atoms with E-state index in [9.17, 15) is 13.5 Å². The summed E-state index contributed by atoms with van der Waals surface area (Å²) in [6, 6.07) is 6.60. The Balaban J connectivity index is 1.95. The van der Waals surface area contributed by atoms with Crippen molar-refractivity contribution in [1.82, 2.24) is 4.72 Å². The molecule has 0 radical (unpaired) electrons. The number of hydrogen-bond donors (Lipinski definition) is 3. The van der Waals surface area contributed by atoms with Gasteiger partial charge >= 0.3 is 0 Å². The highest BCUT2D eigenvalue weighted by molar-refractivity contribution is 7.89. The van der Waals surface area contributed by atoms with Gasteiger partial charge in [0.15, 0.2) is 0 Å². The van der Waals surface area contributed by atoms with E-state index in [-0.39, 0.29) is 4.90 Å². The zero-order valence-corrected chi connectivity index (χ0v) is 12.5. The molecule has 0 unspecified atom stereocenters. The predicted molar refractivity (Wildman–Crippen MR) is 79.2 cm³/mol. The largest absolute Gasteiger partial charge is 0.388 e. The van der Waals surface area contributed by atoms with Crippen molar-refractivity contribution in [1.29, 1.82) is 0 Å². The van der Waals surface area contributed by atoms with E-state index in [4.69, 9.17) is 0 Å². The van der Waals surface area contributed by atoms with Crippen LogP contribution < -0.4 is 10.0 Å². The second-order valence-electron chi connectivity index (χ2n) is 5.35. The van der Waals surface area contributed by atoms with Crippen LogP contribution in [0.25, 0.3) is 0 Å². The Morgan fingerprint density at radius 1 is 1.25 bits per heavy atom. The number of aliphatic hydroxyl groups is 1. The zero-order chi connectivity index (χ0) is 14.6. The van der Waals surface area contributed by atoms with E-state index >= 15 is 0 Å². The van der Waals surface area contributed by atoms with E-state index < -0.39 is 15.6 Å². The first kappa shape index (κ1) is 15.3. The molecule has 1 fully saturated rings. The lowest BCUT2D eigenvalue weighted by Crippen LogP contribution is -2.43. The molecule has 20 heavy (non-hydrogen) atoms. The number of sulfonamides is 1. The van der Waals surface area contributed by atoms with E-state index in [2.05, 4.69) is 10.0 Å². The summed E-state index contributed by atoms with van der Waals surface area (Å²) >= 11 is 0. The smallest absolute Gasteiger partial charge is 0.240 e. The van der Waals surface area contributed by atoms with Crippen molar-refractivity contribution in [2.24, 2.45) is 0 Å². The summed E-state index contributed by atoms with van der Waals surface area (Å²) in [6.07, 6.45) is 3.48. The standard InChI is InChI=1S/C14H22N2O3S/c1-2-10-16-20(18,19)13-6-4-12(5-7-13)15-11-14(17)8-3-9-14/h4-7,15-17H,2-3,8-11H2,1H3. The second-order valence-corrected chi connectivity index (χ2v) is 7.12. The van der Waals surface area contributed by atoms with Crippen LogP contribution in [0.3, 0.4) is 0 Å². The zero-order valence-electron chi connectivity index (χ0n) is 11.7. The maximum atomic E-state index is 11.9. The summed E-state index contributed by atoms with van der Waals surface area (Å²) in [7, 11) is -3.40. The Labute approximate surface area is 120 Å². The molecular weight excluding hydrogens is 276 g/mol. The van der Waals surface area contributed by atoms with Crippen LogP contribution in [-0.4, -0.2) is 32.2 Å². The number of benzene rings is 1. The molecule has 0 bridgehead atoms. The number of rotatable bonds is 7. The van der Waals surface area contributed by atoms with Crippen LogP contribution in [-0.2, 0) is 10.0 Å². The van der Waals surface area contributed by atoms with Crippen LogP contribution in [0.4, 0.5) is 5.69 Å². The molecular formula is C14H22N2O3S. The third kappa shape index (κ3) is 3.71. The molecule has 1 aliphatic rings. The topological polar surface area (TPSA) is 78.4 Å². The van der Waals surface area contributed by atoms with E-state index in [1.807, 2.05) is 6.92 Å². The fourth-order valence-corrected chi connectivity index (χ4v) is 3.23. The first-order valence-electron chi connectivity index (χ1n) is 7.01. The van der Waals surface area contributed by atoms with Gasteiger partial charge in [-0.2, -0.15) is 0 Å². The quantitative estimate of drug-likeness (QED) is 0.716. The van der Waals surface area contributed by atoms with E-state index in [1.54, 1.807) is 24.3 Å². The highest BCUT2D eigenvalue weighted by atomic mass is 32.2. The molecule has 1 aliphatic carbocycles. The molecule has 6 heteroatoms. The minimum absolute atomic E-state index is 0.263. The minimum Gasteiger partial charge on any atom is -0.388 e. The lowest BCUT2D eigenvalue weighted by atomic mass is 9.80. The molecule has 0 aliphatic heterocycles. The summed E-state index contributed by atoms with van der Waals surface area (Å²) < 4.78 is 26.3. The predicted octanol–water partition coefficient (Wildman–Crippen LogP) is 1.70. The number of anilines is 1. The second kappa shape index (κ2) is 6.11. The van der Waals surface area contributed by atoms with Crippen LogP contribution in [0.5, 0.6) is 0 Å². The molecule has 0 spiro atoms. The molecule has 0 amide bonds. The van der Waals surface area contributed by atoms with Gasteiger partial charge in [-0.3, -0.25) is 0 Å². The summed E-state index contributed by atoms with van der Waals surface area (Å²) in [5.74, 6) is 0. The van der Waals surface area contributed by atoms with Crippen LogP contribution in [0.2, 0.25) is 0 Å². The van der Waals surface area contributed by atoms with Crippen LogP contribution in [0.15, 0.2) is 29.2 Å². The van der Waals surface area contributed by atoms with Crippen molar-refractivity contribution in [3.05, 3.63) is 24.3 Å². The van der Waals surface area contributed by atoms with Gasteiger partial charge < -0.3 is 10.4 Å². The fraction of sp³-hybridized carbons (Fsp3) is 0.571. The van der Waals surface area contributed by atoms with Crippen molar-refractivity contribution >= 4 is 15.7 Å². The van der Waals surface area contributed by atoms with Gasteiger partial charge in [0.25, 0.3) is 0 Å². The maximum absolute atomic E-state index is 11.9. The van der Waals surface area contributed by atoms with E-state index in [1.165, 1.54) is 0 Å². The lowest BCUT2D eigenvalue weighted by Gasteiger charge is -2.36. The SMILES string of the molecule is CCCNS(=O)(=O)c1ccc(NCC2(O)CCC2)cc1. The molecule has 0 saturated heterocycles. The molecule has 1 aromatic rings. The van der Waals surface area contributed by atoms with Gasteiger partial charge in [0, 0.05) is 18.8 Å². The molecule has 1 aromatic carbocycles. The summed E-state index contributed by atoms with van der Waals surface area (Å²) in [5, 5.41) is 13.1. The van der Waals surface area contributed by atoms with Gasteiger partial charge in [-0.1, -0.05) is 6.92 Å².